The molecule has 88 valence electrons. The smallest absolute Gasteiger partial charge is 0.0590 e. The number of halogens is 1. The van der Waals surface area contributed by atoms with E-state index in [4.69, 9.17) is 4.74 Å². The van der Waals surface area contributed by atoms with Gasteiger partial charge in [0.05, 0.1) is 6.10 Å². The van der Waals surface area contributed by atoms with Gasteiger partial charge in [-0.3, -0.25) is 0 Å². The Bertz CT molecular complexity index is 342. The highest BCUT2D eigenvalue weighted by Gasteiger charge is 2.21. The predicted molar refractivity (Wildman–Crippen MR) is 75.8 cm³/mol. The predicted octanol–water partition coefficient (Wildman–Crippen LogP) is 3.66. The van der Waals surface area contributed by atoms with Crippen LogP contribution in [0.2, 0.25) is 0 Å². The van der Waals surface area contributed by atoms with Gasteiger partial charge in [-0.2, -0.15) is 0 Å². The molecular formula is C13H18INO. The lowest BCUT2D eigenvalue weighted by Crippen LogP contribution is -2.30. The largest absolute Gasteiger partial charge is 0.382 e. The first kappa shape index (κ1) is 12.2. The molecule has 0 radical (unpaired) electrons. The van der Waals surface area contributed by atoms with Gasteiger partial charge >= 0.3 is 0 Å². The van der Waals surface area contributed by atoms with Crippen molar-refractivity contribution in [1.29, 1.82) is 0 Å². The maximum atomic E-state index is 5.44. The van der Waals surface area contributed by atoms with E-state index in [-0.39, 0.29) is 0 Å². The van der Waals surface area contributed by atoms with E-state index in [1.807, 2.05) is 7.11 Å². The van der Waals surface area contributed by atoms with E-state index in [9.17, 15) is 0 Å². The Kier molecular flexibility index (Phi) is 4.46. The summed E-state index contributed by atoms with van der Waals surface area (Å²) < 4.78 is 6.72. The number of hydrogen-bond acceptors (Lipinski definition) is 2. The van der Waals surface area contributed by atoms with Crippen molar-refractivity contribution in [2.75, 3.05) is 12.4 Å². The number of hydrogen-bond donors (Lipinski definition) is 1. The standard InChI is InChI=1S/C13H18INO/c1-16-13-7-3-6-12(9-13)15-11-5-2-4-10(14)8-11/h2,4-5,8,12-13,15H,3,6-7,9H2,1H3. The zero-order valence-electron chi connectivity index (χ0n) is 9.58. The normalized spacial score (nSPS) is 25.4. The van der Waals surface area contributed by atoms with Gasteiger partial charge < -0.3 is 10.1 Å². The lowest BCUT2D eigenvalue weighted by molar-refractivity contribution is 0.0669. The van der Waals surface area contributed by atoms with E-state index in [2.05, 4.69) is 52.2 Å². The Morgan fingerprint density at radius 2 is 2.25 bits per heavy atom. The maximum absolute atomic E-state index is 5.44. The van der Waals surface area contributed by atoms with Crippen molar-refractivity contribution in [2.24, 2.45) is 0 Å². The highest BCUT2D eigenvalue weighted by atomic mass is 127. The summed E-state index contributed by atoms with van der Waals surface area (Å²) >= 11 is 2.35. The molecule has 0 amide bonds. The summed E-state index contributed by atoms with van der Waals surface area (Å²) in [7, 11) is 1.82. The Morgan fingerprint density at radius 3 is 3.00 bits per heavy atom. The van der Waals surface area contributed by atoms with Crippen molar-refractivity contribution in [3.05, 3.63) is 27.8 Å². The van der Waals surface area contributed by atoms with Gasteiger partial charge in [-0.1, -0.05) is 6.07 Å². The molecule has 2 unspecified atom stereocenters. The Balaban J connectivity index is 1.94. The van der Waals surface area contributed by atoms with Crippen LogP contribution in [0.4, 0.5) is 5.69 Å². The first-order valence-corrected chi connectivity index (χ1v) is 6.90. The number of anilines is 1. The summed E-state index contributed by atoms with van der Waals surface area (Å²) in [6.45, 7) is 0. The molecule has 2 rings (SSSR count). The molecule has 1 aromatic rings. The Labute approximate surface area is 111 Å². The average Bonchev–Trinajstić information content (AvgIpc) is 2.29. The highest BCUT2D eigenvalue weighted by Crippen LogP contribution is 2.24. The number of nitrogens with one attached hydrogen (secondary N) is 1. The van der Waals surface area contributed by atoms with Crippen LogP contribution in [0.3, 0.4) is 0 Å². The summed E-state index contributed by atoms with van der Waals surface area (Å²) in [5.41, 5.74) is 1.23. The highest BCUT2D eigenvalue weighted by molar-refractivity contribution is 14.1. The van der Waals surface area contributed by atoms with Gasteiger partial charge in [0, 0.05) is 22.4 Å². The molecule has 1 N–H and O–H groups in total. The fraction of sp³-hybridized carbons (Fsp3) is 0.538. The number of benzene rings is 1. The molecule has 16 heavy (non-hydrogen) atoms. The molecule has 1 aromatic carbocycles. The number of rotatable bonds is 3. The van der Waals surface area contributed by atoms with Crippen molar-refractivity contribution in [2.45, 2.75) is 37.8 Å². The molecule has 3 heteroatoms. The minimum absolute atomic E-state index is 0.439. The molecule has 1 aliphatic rings. The second kappa shape index (κ2) is 5.87. The Hall–Kier alpha value is -0.290. The quantitative estimate of drug-likeness (QED) is 0.854. The van der Waals surface area contributed by atoms with Gasteiger partial charge in [0.25, 0.3) is 0 Å². The van der Waals surface area contributed by atoms with Crippen molar-refractivity contribution in [1.82, 2.24) is 0 Å². The molecule has 0 heterocycles. The molecule has 0 bridgehead atoms. The third-order valence-electron chi connectivity index (χ3n) is 3.15. The van der Waals surface area contributed by atoms with E-state index < -0.39 is 0 Å². The van der Waals surface area contributed by atoms with E-state index >= 15 is 0 Å². The van der Waals surface area contributed by atoms with Crippen LogP contribution in [0.15, 0.2) is 24.3 Å². The van der Waals surface area contributed by atoms with Crippen molar-refractivity contribution < 1.29 is 4.74 Å². The van der Waals surface area contributed by atoms with E-state index in [1.54, 1.807) is 0 Å². The van der Waals surface area contributed by atoms with Crippen LogP contribution < -0.4 is 5.32 Å². The lowest BCUT2D eigenvalue weighted by atomic mass is 9.92. The zero-order valence-corrected chi connectivity index (χ0v) is 11.7. The minimum atomic E-state index is 0.439. The molecular weight excluding hydrogens is 313 g/mol. The van der Waals surface area contributed by atoms with E-state index in [0.29, 0.717) is 12.1 Å². The van der Waals surface area contributed by atoms with Crippen LogP contribution in [0.25, 0.3) is 0 Å². The van der Waals surface area contributed by atoms with Crippen LogP contribution in [0.1, 0.15) is 25.7 Å². The molecule has 1 saturated carbocycles. The van der Waals surface area contributed by atoms with Gasteiger partial charge in [-0.25, -0.2) is 0 Å². The first-order valence-electron chi connectivity index (χ1n) is 5.83. The zero-order chi connectivity index (χ0) is 11.4. The van der Waals surface area contributed by atoms with Crippen molar-refractivity contribution in [3.8, 4) is 0 Å². The van der Waals surface area contributed by atoms with Crippen LogP contribution in [-0.4, -0.2) is 19.3 Å². The summed E-state index contributed by atoms with van der Waals surface area (Å²) in [6, 6.07) is 9.11. The SMILES string of the molecule is COC1CCCC(Nc2cccc(I)c2)C1. The van der Waals surface area contributed by atoms with Crippen LogP contribution in [-0.2, 0) is 4.74 Å². The third-order valence-corrected chi connectivity index (χ3v) is 3.83. The monoisotopic (exact) mass is 331 g/mol. The minimum Gasteiger partial charge on any atom is -0.382 e. The molecule has 0 saturated heterocycles. The molecule has 2 atom stereocenters. The Morgan fingerprint density at radius 1 is 1.38 bits per heavy atom. The van der Waals surface area contributed by atoms with Crippen molar-refractivity contribution in [3.63, 3.8) is 0 Å². The van der Waals surface area contributed by atoms with Gasteiger partial charge in [-0.15, -0.1) is 0 Å². The molecule has 0 aliphatic heterocycles. The second-order valence-electron chi connectivity index (χ2n) is 4.38. The van der Waals surface area contributed by atoms with E-state index in [1.165, 1.54) is 28.5 Å². The molecule has 0 spiro atoms. The second-order valence-corrected chi connectivity index (χ2v) is 5.62. The van der Waals surface area contributed by atoms with E-state index in [0.717, 1.165) is 6.42 Å². The summed E-state index contributed by atoms with van der Waals surface area (Å²) in [6.07, 6.45) is 5.29. The maximum Gasteiger partial charge on any atom is 0.0590 e. The summed E-state index contributed by atoms with van der Waals surface area (Å²) in [4.78, 5) is 0. The average molecular weight is 331 g/mol. The summed E-state index contributed by atoms with van der Waals surface area (Å²) in [5, 5.41) is 3.60. The topological polar surface area (TPSA) is 21.3 Å². The fourth-order valence-corrected chi connectivity index (χ4v) is 2.85. The lowest BCUT2D eigenvalue weighted by Gasteiger charge is -2.29. The molecule has 2 nitrogen and oxygen atoms in total. The fourth-order valence-electron chi connectivity index (χ4n) is 2.30. The molecule has 0 aromatic heterocycles. The van der Waals surface area contributed by atoms with Gasteiger partial charge in [0.2, 0.25) is 0 Å². The number of ether oxygens (including phenoxy) is 1. The van der Waals surface area contributed by atoms with Crippen LogP contribution in [0, 0.1) is 3.57 Å². The van der Waals surface area contributed by atoms with Crippen LogP contribution in [0.5, 0.6) is 0 Å². The molecule has 1 fully saturated rings. The number of methoxy groups -OCH3 is 1. The van der Waals surface area contributed by atoms with Crippen LogP contribution >= 0.6 is 22.6 Å². The third kappa shape index (κ3) is 3.35. The van der Waals surface area contributed by atoms with Crippen molar-refractivity contribution >= 4 is 28.3 Å². The molecule has 1 aliphatic carbocycles. The van der Waals surface area contributed by atoms with Gasteiger partial charge in [-0.05, 0) is 66.5 Å². The summed E-state index contributed by atoms with van der Waals surface area (Å²) in [5.74, 6) is 0. The first-order chi connectivity index (χ1) is 7.78. The van der Waals surface area contributed by atoms with Gasteiger partial charge in [0.1, 0.15) is 0 Å². The van der Waals surface area contributed by atoms with Gasteiger partial charge in [0.15, 0.2) is 0 Å².